The second kappa shape index (κ2) is 2.85. The Hall–Kier alpha value is -0.0400. The van der Waals surface area contributed by atoms with Crippen molar-refractivity contribution >= 4 is 0 Å². The molecule has 3 fully saturated rings. The van der Waals surface area contributed by atoms with Gasteiger partial charge in [-0.25, -0.2) is 0 Å². The fourth-order valence-corrected chi connectivity index (χ4v) is 5.93. The molecule has 3 saturated carbocycles. The topological polar surface area (TPSA) is 20.2 Å². The van der Waals surface area contributed by atoms with Crippen molar-refractivity contribution < 1.29 is 5.11 Å². The smallest absolute Gasteiger partial charge is 0.0647 e. The van der Waals surface area contributed by atoms with Crippen molar-refractivity contribution in [1.82, 2.24) is 0 Å². The van der Waals surface area contributed by atoms with Gasteiger partial charge >= 0.3 is 0 Å². The molecule has 0 aromatic heterocycles. The Morgan fingerprint density at radius 3 is 2.44 bits per heavy atom. The standard InChI is InChI=1S/C15H26O/c1-10-5-6-11-13(2,3)12(16)14(4)7-8-15(10,11)9-14/h10-12,16H,5-9H2,1-4H3/t10-,11+,12+,14-,15+/m1/s1. The summed E-state index contributed by atoms with van der Waals surface area (Å²) in [5.74, 6) is 1.65. The van der Waals surface area contributed by atoms with Crippen LogP contribution in [0.3, 0.4) is 0 Å². The Balaban J connectivity index is 2.10. The van der Waals surface area contributed by atoms with Crippen LogP contribution in [0.5, 0.6) is 0 Å². The average molecular weight is 222 g/mol. The van der Waals surface area contributed by atoms with Gasteiger partial charge in [-0.3, -0.25) is 0 Å². The Bertz CT molecular complexity index is 321. The summed E-state index contributed by atoms with van der Waals surface area (Å²) < 4.78 is 0. The first-order chi connectivity index (χ1) is 7.33. The van der Waals surface area contributed by atoms with E-state index in [-0.39, 0.29) is 16.9 Å². The van der Waals surface area contributed by atoms with Crippen LogP contribution in [0.4, 0.5) is 0 Å². The van der Waals surface area contributed by atoms with Crippen molar-refractivity contribution in [2.24, 2.45) is 28.1 Å². The van der Waals surface area contributed by atoms with Gasteiger partial charge in [0, 0.05) is 0 Å². The number of rotatable bonds is 0. The van der Waals surface area contributed by atoms with Gasteiger partial charge in [0.05, 0.1) is 6.10 Å². The predicted octanol–water partition coefficient (Wildman–Crippen LogP) is 3.61. The van der Waals surface area contributed by atoms with Crippen LogP contribution in [0.15, 0.2) is 0 Å². The number of hydrogen-bond acceptors (Lipinski definition) is 1. The van der Waals surface area contributed by atoms with E-state index in [4.69, 9.17) is 0 Å². The van der Waals surface area contributed by atoms with Gasteiger partial charge in [-0.05, 0) is 60.2 Å². The summed E-state index contributed by atoms with van der Waals surface area (Å²) in [6.07, 6.45) is 6.55. The Labute approximate surface area is 99.6 Å². The predicted molar refractivity (Wildman–Crippen MR) is 66.1 cm³/mol. The lowest BCUT2D eigenvalue weighted by Crippen LogP contribution is -2.54. The van der Waals surface area contributed by atoms with E-state index < -0.39 is 0 Å². The third-order valence-electron chi connectivity index (χ3n) is 6.72. The largest absolute Gasteiger partial charge is 0.392 e. The summed E-state index contributed by atoms with van der Waals surface area (Å²) in [6, 6.07) is 0. The third kappa shape index (κ3) is 1.02. The number of fused-ring (bicyclic) bond motifs is 1. The molecule has 0 aromatic carbocycles. The van der Waals surface area contributed by atoms with Crippen LogP contribution < -0.4 is 0 Å². The summed E-state index contributed by atoms with van der Waals surface area (Å²) in [5, 5.41) is 10.7. The second-order valence-corrected chi connectivity index (χ2v) is 7.82. The molecule has 5 atom stereocenters. The minimum Gasteiger partial charge on any atom is -0.392 e. The van der Waals surface area contributed by atoms with Crippen LogP contribution in [-0.4, -0.2) is 11.2 Å². The summed E-state index contributed by atoms with van der Waals surface area (Å²) in [6.45, 7) is 9.42. The maximum Gasteiger partial charge on any atom is 0.0647 e. The van der Waals surface area contributed by atoms with Crippen molar-refractivity contribution in [3.8, 4) is 0 Å². The first-order valence-electron chi connectivity index (χ1n) is 7.01. The molecule has 0 aliphatic heterocycles. The monoisotopic (exact) mass is 222 g/mol. The van der Waals surface area contributed by atoms with E-state index >= 15 is 0 Å². The van der Waals surface area contributed by atoms with Crippen molar-refractivity contribution in [3.05, 3.63) is 0 Å². The maximum absolute atomic E-state index is 10.7. The Morgan fingerprint density at radius 1 is 1.06 bits per heavy atom. The van der Waals surface area contributed by atoms with E-state index in [2.05, 4.69) is 27.7 Å². The van der Waals surface area contributed by atoms with Gasteiger partial charge in [0.2, 0.25) is 0 Å². The highest BCUT2D eigenvalue weighted by Crippen LogP contribution is 2.72. The van der Waals surface area contributed by atoms with E-state index in [1.54, 1.807) is 0 Å². The fraction of sp³-hybridized carbons (Fsp3) is 1.00. The van der Waals surface area contributed by atoms with Crippen LogP contribution >= 0.6 is 0 Å². The number of hydrogen-bond donors (Lipinski definition) is 1. The highest BCUT2D eigenvalue weighted by molar-refractivity contribution is 5.16. The second-order valence-electron chi connectivity index (χ2n) is 7.82. The van der Waals surface area contributed by atoms with Crippen molar-refractivity contribution in [3.63, 3.8) is 0 Å². The molecule has 0 heterocycles. The van der Waals surface area contributed by atoms with Crippen molar-refractivity contribution in [2.75, 3.05) is 0 Å². The first kappa shape index (κ1) is 11.1. The molecule has 1 spiro atoms. The van der Waals surface area contributed by atoms with E-state index in [0.29, 0.717) is 5.41 Å². The molecule has 1 N–H and O–H groups in total. The SMILES string of the molecule is C[C@@H]1CC[C@H]2C(C)(C)[C@H](O)[C@]3(C)CC[C@]12C3. The van der Waals surface area contributed by atoms with E-state index in [1.807, 2.05) is 0 Å². The Kier molecular flexibility index (Phi) is 1.98. The van der Waals surface area contributed by atoms with Gasteiger partial charge in [-0.1, -0.05) is 27.7 Å². The molecule has 1 nitrogen and oxygen atoms in total. The molecule has 3 aliphatic carbocycles. The molecule has 0 radical (unpaired) electrons. The third-order valence-corrected chi connectivity index (χ3v) is 6.72. The van der Waals surface area contributed by atoms with Gasteiger partial charge in [0.15, 0.2) is 0 Å². The molecule has 1 heteroatoms. The molecule has 0 unspecified atom stereocenters. The summed E-state index contributed by atoms with van der Waals surface area (Å²) in [4.78, 5) is 0. The van der Waals surface area contributed by atoms with Gasteiger partial charge in [-0.15, -0.1) is 0 Å². The van der Waals surface area contributed by atoms with E-state index in [9.17, 15) is 5.11 Å². The Morgan fingerprint density at radius 2 is 1.75 bits per heavy atom. The van der Waals surface area contributed by atoms with Crippen molar-refractivity contribution in [1.29, 1.82) is 0 Å². The molecule has 0 aromatic rings. The van der Waals surface area contributed by atoms with Gasteiger partial charge in [0.1, 0.15) is 0 Å². The van der Waals surface area contributed by atoms with Crippen LogP contribution in [0.25, 0.3) is 0 Å². The van der Waals surface area contributed by atoms with Gasteiger partial charge in [0.25, 0.3) is 0 Å². The molecule has 2 bridgehead atoms. The van der Waals surface area contributed by atoms with Crippen LogP contribution in [-0.2, 0) is 0 Å². The van der Waals surface area contributed by atoms with Crippen LogP contribution in [0.1, 0.15) is 59.8 Å². The minimum absolute atomic E-state index is 0.0917. The van der Waals surface area contributed by atoms with Crippen molar-refractivity contribution in [2.45, 2.75) is 65.9 Å². The minimum atomic E-state index is -0.0917. The zero-order valence-electron chi connectivity index (χ0n) is 11.2. The molecular formula is C15H26O. The lowest BCUT2D eigenvalue weighted by atomic mass is 9.51. The molecule has 3 aliphatic rings. The van der Waals surface area contributed by atoms with Gasteiger partial charge < -0.3 is 5.11 Å². The summed E-state index contributed by atoms with van der Waals surface area (Å²) in [5.41, 5.74) is 0.921. The van der Waals surface area contributed by atoms with Gasteiger partial charge in [-0.2, -0.15) is 0 Å². The highest BCUT2D eigenvalue weighted by atomic mass is 16.3. The number of aliphatic hydroxyl groups is 1. The fourth-order valence-electron chi connectivity index (χ4n) is 5.93. The molecule has 3 rings (SSSR count). The summed E-state index contributed by atoms with van der Waals surface area (Å²) in [7, 11) is 0. The summed E-state index contributed by atoms with van der Waals surface area (Å²) >= 11 is 0. The molecule has 16 heavy (non-hydrogen) atoms. The van der Waals surface area contributed by atoms with Crippen LogP contribution in [0.2, 0.25) is 0 Å². The van der Waals surface area contributed by atoms with Crippen LogP contribution in [0, 0.1) is 28.1 Å². The zero-order valence-corrected chi connectivity index (χ0v) is 11.2. The lowest BCUT2D eigenvalue weighted by molar-refractivity contribution is -0.138. The lowest BCUT2D eigenvalue weighted by Gasteiger charge is -2.55. The van der Waals surface area contributed by atoms with E-state index in [1.165, 1.54) is 32.1 Å². The van der Waals surface area contributed by atoms with E-state index in [0.717, 1.165) is 11.8 Å². The maximum atomic E-state index is 10.7. The molecular weight excluding hydrogens is 196 g/mol. The average Bonchev–Trinajstić information content (AvgIpc) is 2.69. The zero-order chi connectivity index (χ0) is 11.8. The first-order valence-corrected chi connectivity index (χ1v) is 7.01. The number of aliphatic hydroxyl groups excluding tert-OH is 1. The molecule has 0 amide bonds. The molecule has 92 valence electrons. The quantitative estimate of drug-likeness (QED) is 0.664. The normalized spacial score (nSPS) is 58.7. The highest BCUT2D eigenvalue weighted by Gasteiger charge is 2.67. The molecule has 0 saturated heterocycles.